The Hall–Kier alpha value is -1.26. The van der Waals surface area contributed by atoms with Crippen LogP contribution in [0.25, 0.3) is 0 Å². The monoisotopic (exact) mass is 265 g/mol. The molecule has 1 heterocycles. The SMILES string of the molecule is CSc1nccc(NCc2ccc(Cl)cc2)n1. The van der Waals surface area contributed by atoms with E-state index >= 15 is 0 Å². The van der Waals surface area contributed by atoms with E-state index in [2.05, 4.69) is 15.3 Å². The molecule has 0 saturated heterocycles. The minimum atomic E-state index is 0.724. The Morgan fingerprint density at radius 1 is 1.24 bits per heavy atom. The van der Waals surface area contributed by atoms with Gasteiger partial charge < -0.3 is 5.32 Å². The van der Waals surface area contributed by atoms with Gasteiger partial charge in [-0.25, -0.2) is 9.97 Å². The molecule has 0 unspecified atom stereocenters. The Kier molecular flexibility index (Phi) is 4.23. The summed E-state index contributed by atoms with van der Waals surface area (Å²) in [5.41, 5.74) is 1.17. The van der Waals surface area contributed by atoms with E-state index in [0.29, 0.717) is 0 Å². The molecule has 5 heteroatoms. The van der Waals surface area contributed by atoms with Crippen LogP contribution in [0, 0.1) is 0 Å². The van der Waals surface area contributed by atoms with Crippen LogP contribution in [0.4, 0.5) is 5.82 Å². The van der Waals surface area contributed by atoms with Gasteiger partial charge in [0.25, 0.3) is 0 Å². The fraction of sp³-hybridized carbons (Fsp3) is 0.167. The fourth-order valence-electron chi connectivity index (χ4n) is 1.33. The molecule has 0 amide bonds. The summed E-state index contributed by atoms with van der Waals surface area (Å²) in [6.45, 7) is 0.724. The lowest BCUT2D eigenvalue weighted by atomic mass is 10.2. The Balaban J connectivity index is 1.99. The highest BCUT2D eigenvalue weighted by atomic mass is 35.5. The highest BCUT2D eigenvalue weighted by molar-refractivity contribution is 7.98. The number of rotatable bonds is 4. The van der Waals surface area contributed by atoms with Crippen LogP contribution in [-0.2, 0) is 6.54 Å². The third-order valence-corrected chi connectivity index (χ3v) is 3.02. The van der Waals surface area contributed by atoms with Crippen LogP contribution in [0.15, 0.2) is 41.7 Å². The molecule has 17 heavy (non-hydrogen) atoms. The van der Waals surface area contributed by atoms with Gasteiger partial charge in [0.1, 0.15) is 5.82 Å². The molecule has 3 nitrogen and oxygen atoms in total. The molecule has 1 aromatic carbocycles. The molecule has 0 saturated carbocycles. The molecular weight excluding hydrogens is 254 g/mol. The van der Waals surface area contributed by atoms with Gasteiger partial charge in [-0.2, -0.15) is 0 Å². The van der Waals surface area contributed by atoms with Gasteiger partial charge in [0.2, 0.25) is 0 Å². The Bertz CT molecular complexity index is 487. The number of anilines is 1. The molecular formula is C12H12ClN3S. The minimum absolute atomic E-state index is 0.724. The molecule has 1 aromatic heterocycles. The van der Waals surface area contributed by atoms with Gasteiger partial charge in [-0.05, 0) is 30.0 Å². The van der Waals surface area contributed by atoms with E-state index in [9.17, 15) is 0 Å². The summed E-state index contributed by atoms with van der Waals surface area (Å²) < 4.78 is 0. The van der Waals surface area contributed by atoms with Crippen molar-refractivity contribution in [1.82, 2.24) is 9.97 Å². The van der Waals surface area contributed by atoms with Crippen molar-refractivity contribution in [3.8, 4) is 0 Å². The van der Waals surface area contributed by atoms with E-state index in [-0.39, 0.29) is 0 Å². The molecule has 0 spiro atoms. The zero-order valence-corrected chi connectivity index (χ0v) is 10.9. The second-order valence-electron chi connectivity index (χ2n) is 3.41. The molecule has 0 atom stereocenters. The van der Waals surface area contributed by atoms with Gasteiger partial charge in [-0.15, -0.1) is 0 Å². The smallest absolute Gasteiger partial charge is 0.189 e. The molecule has 1 N–H and O–H groups in total. The van der Waals surface area contributed by atoms with E-state index in [4.69, 9.17) is 11.6 Å². The molecule has 0 aliphatic rings. The van der Waals surface area contributed by atoms with Gasteiger partial charge in [-0.1, -0.05) is 35.5 Å². The van der Waals surface area contributed by atoms with Crippen molar-refractivity contribution in [2.45, 2.75) is 11.7 Å². The van der Waals surface area contributed by atoms with Crippen molar-refractivity contribution < 1.29 is 0 Å². The van der Waals surface area contributed by atoms with Gasteiger partial charge in [0.05, 0.1) is 0 Å². The first-order valence-corrected chi connectivity index (χ1v) is 6.73. The summed E-state index contributed by atoms with van der Waals surface area (Å²) in [5, 5.41) is 4.77. The maximum Gasteiger partial charge on any atom is 0.189 e. The molecule has 2 rings (SSSR count). The van der Waals surface area contributed by atoms with Crippen molar-refractivity contribution in [2.24, 2.45) is 0 Å². The van der Waals surface area contributed by atoms with Gasteiger partial charge in [0, 0.05) is 17.8 Å². The first kappa shape index (κ1) is 12.2. The van der Waals surface area contributed by atoms with Gasteiger partial charge in [-0.3, -0.25) is 0 Å². The van der Waals surface area contributed by atoms with Crippen molar-refractivity contribution in [1.29, 1.82) is 0 Å². The van der Waals surface area contributed by atoms with Crippen molar-refractivity contribution in [3.05, 3.63) is 47.1 Å². The van der Waals surface area contributed by atoms with E-state index in [1.807, 2.05) is 36.6 Å². The number of aromatic nitrogens is 2. The van der Waals surface area contributed by atoms with E-state index < -0.39 is 0 Å². The molecule has 0 aliphatic carbocycles. The summed E-state index contributed by atoms with van der Waals surface area (Å²) in [6.07, 6.45) is 3.71. The predicted molar refractivity (Wildman–Crippen MR) is 72.6 cm³/mol. The zero-order chi connectivity index (χ0) is 12.1. The minimum Gasteiger partial charge on any atom is -0.366 e. The predicted octanol–water partition coefficient (Wildman–Crippen LogP) is 3.46. The fourth-order valence-corrected chi connectivity index (χ4v) is 1.81. The zero-order valence-electron chi connectivity index (χ0n) is 9.35. The standard InChI is InChI=1S/C12H12ClN3S/c1-17-12-14-7-6-11(16-12)15-8-9-2-4-10(13)5-3-9/h2-7H,8H2,1H3,(H,14,15,16). The van der Waals surface area contributed by atoms with Gasteiger partial charge in [0.15, 0.2) is 5.16 Å². The molecule has 88 valence electrons. The number of benzene rings is 1. The van der Waals surface area contributed by atoms with Crippen LogP contribution in [0.1, 0.15) is 5.56 Å². The average molecular weight is 266 g/mol. The van der Waals surface area contributed by atoms with Crippen LogP contribution in [0.3, 0.4) is 0 Å². The van der Waals surface area contributed by atoms with Crippen LogP contribution >= 0.6 is 23.4 Å². The average Bonchev–Trinajstić information content (AvgIpc) is 2.38. The summed E-state index contributed by atoms with van der Waals surface area (Å²) in [5.74, 6) is 0.833. The Morgan fingerprint density at radius 2 is 2.00 bits per heavy atom. The number of nitrogens with zero attached hydrogens (tertiary/aromatic N) is 2. The number of nitrogens with one attached hydrogen (secondary N) is 1. The third kappa shape index (κ3) is 3.61. The second-order valence-corrected chi connectivity index (χ2v) is 4.62. The van der Waals surface area contributed by atoms with Crippen LogP contribution < -0.4 is 5.32 Å². The highest BCUT2D eigenvalue weighted by Gasteiger charge is 1.98. The lowest BCUT2D eigenvalue weighted by Crippen LogP contribution is -2.02. The molecule has 0 radical (unpaired) electrons. The topological polar surface area (TPSA) is 37.8 Å². The van der Waals surface area contributed by atoms with Crippen LogP contribution in [-0.4, -0.2) is 16.2 Å². The molecule has 0 aliphatic heterocycles. The molecule has 2 aromatic rings. The molecule has 0 bridgehead atoms. The first-order valence-electron chi connectivity index (χ1n) is 5.13. The Labute approximate surface area is 110 Å². The maximum absolute atomic E-state index is 5.82. The lowest BCUT2D eigenvalue weighted by molar-refractivity contribution is 0.956. The maximum atomic E-state index is 5.82. The summed E-state index contributed by atoms with van der Waals surface area (Å²) in [7, 11) is 0. The van der Waals surface area contributed by atoms with Crippen LogP contribution in [0.2, 0.25) is 5.02 Å². The number of hydrogen-bond donors (Lipinski definition) is 1. The van der Waals surface area contributed by atoms with Crippen molar-refractivity contribution >= 4 is 29.2 Å². The Morgan fingerprint density at radius 3 is 2.71 bits per heavy atom. The quantitative estimate of drug-likeness (QED) is 0.679. The summed E-state index contributed by atoms with van der Waals surface area (Å²) in [6, 6.07) is 9.60. The summed E-state index contributed by atoms with van der Waals surface area (Å²) in [4.78, 5) is 8.46. The second kappa shape index (κ2) is 5.89. The number of halogens is 1. The lowest BCUT2D eigenvalue weighted by Gasteiger charge is -2.06. The normalized spacial score (nSPS) is 10.2. The third-order valence-electron chi connectivity index (χ3n) is 2.20. The number of thioether (sulfide) groups is 1. The first-order chi connectivity index (χ1) is 8.28. The number of hydrogen-bond acceptors (Lipinski definition) is 4. The van der Waals surface area contributed by atoms with E-state index in [1.54, 1.807) is 6.20 Å². The molecule has 0 fully saturated rings. The van der Waals surface area contributed by atoms with Gasteiger partial charge >= 0.3 is 0 Å². The van der Waals surface area contributed by atoms with Crippen molar-refractivity contribution in [2.75, 3.05) is 11.6 Å². The van der Waals surface area contributed by atoms with Crippen LogP contribution in [0.5, 0.6) is 0 Å². The highest BCUT2D eigenvalue weighted by Crippen LogP contribution is 2.13. The van der Waals surface area contributed by atoms with Crippen molar-refractivity contribution in [3.63, 3.8) is 0 Å². The van der Waals surface area contributed by atoms with E-state index in [0.717, 1.165) is 22.5 Å². The van der Waals surface area contributed by atoms with E-state index in [1.165, 1.54) is 17.3 Å². The summed E-state index contributed by atoms with van der Waals surface area (Å²) >= 11 is 7.35. The largest absolute Gasteiger partial charge is 0.366 e.